The number of hydrogen-bond acceptors (Lipinski definition) is 5. The van der Waals surface area contributed by atoms with Crippen LogP contribution in [0, 0.1) is 0 Å². The zero-order valence-electron chi connectivity index (χ0n) is 9.00. The third kappa shape index (κ3) is 6.13. The molecule has 0 aliphatic carbocycles. The van der Waals surface area contributed by atoms with Crippen LogP contribution in [0.15, 0.2) is 0 Å². The Morgan fingerprint density at radius 3 is 1.35 bits per heavy atom. The molecule has 3 N–H and O–H groups in total. The number of carbonyl (C=O) groups is 4. The Hall–Kier alpha value is -2.12. The van der Waals surface area contributed by atoms with E-state index in [1.54, 1.807) is 0 Å². The van der Waals surface area contributed by atoms with Gasteiger partial charge in [-0.3, -0.25) is 19.2 Å². The molecule has 0 radical (unpaired) electrons. The molecule has 0 heterocycles. The minimum atomic E-state index is -2.06. The van der Waals surface area contributed by atoms with Crippen molar-refractivity contribution in [2.45, 2.75) is 31.8 Å². The van der Waals surface area contributed by atoms with E-state index in [2.05, 4.69) is 4.74 Å². The molecule has 0 amide bonds. The minimum Gasteiger partial charge on any atom is -0.481 e. The summed E-state index contributed by atoms with van der Waals surface area (Å²) in [7, 11) is 0. The second kappa shape index (κ2) is 5.83. The van der Waals surface area contributed by atoms with Crippen molar-refractivity contribution in [3.63, 3.8) is 0 Å². The molecule has 0 aromatic heterocycles. The smallest absolute Gasteiger partial charge is 0.307 e. The third-order valence-corrected chi connectivity index (χ3v) is 1.78. The van der Waals surface area contributed by atoms with Crippen molar-refractivity contribution < 1.29 is 39.2 Å². The monoisotopic (exact) mass is 248 g/mol. The second-order valence-electron chi connectivity index (χ2n) is 3.49. The first kappa shape index (κ1) is 14.9. The molecule has 0 aromatic carbocycles. The topological polar surface area (TPSA) is 138 Å². The SMILES string of the molecule is CC(=O)OC(CC(=O)O)(CC(=O)O)CC(=O)O. The van der Waals surface area contributed by atoms with Crippen molar-refractivity contribution in [2.75, 3.05) is 0 Å². The Balaban J connectivity index is 5.16. The van der Waals surface area contributed by atoms with E-state index >= 15 is 0 Å². The van der Waals surface area contributed by atoms with E-state index in [-0.39, 0.29) is 0 Å². The Bertz CT molecular complexity index is 275. The average Bonchev–Trinajstić information content (AvgIpc) is 1.95. The third-order valence-electron chi connectivity index (χ3n) is 1.78. The van der Waals surface area contributed by atoms with E-state index in [0.29, 0.717) is 0 Å². The molecule has 0 aromatic rings. The molecular weight excluding hydrogens is 236 g/mol. The summed E-state index contributed by atoms with van der Waals surface area (Å²) in [4.78, 5) is 42.5. The molecule has 17 heavy (non-hydrogen) atoms. The fourth-order valence-corrected chi connectivity index (χ4v) is 1.43. The first-order chi connectivity index (χ1) is 7.67. The molecule has 8 nitrogen and oxygen atoms in total. The molecule has 0 spiro atoms. The van der Waals surface area contributed by atoms with E-state index in [4.69, 9.17) is 15.3 Å². The van der Waals surface area contributed by atoms with Gasteiger partial charge in [-0.2, -0.15) is 0 Å². The van der Waals surface area contributed by atoms with E-state index < -0.39 is 48.7 Å². The van der Waals surface area contributed by atoms with Crippen molar-refractivity contribution >= 4 is 23.9 Å². The normalized spacial score (nSPS) is 10.6. The summed E-state index contributed by atoms with van der Waals surface area (Å²) in [6, 6.07) is 0. The summed E-state index contributed by atoms with van der Waals surface area (Å²) in [6.07, 6.45) is -2.65. The van der Waals surface area contributed by atoms with Crippen LogP contribution in [0.3, 0.4) is 0 Å². The predicted molar refractivity (Wildman–Crippen MR) is 51.3 cm³/mol. The summed E-state index contributed by atoms with van der Waals surface area (Å²) >= 11 is 0. The molecule has 0 aliphatic heterocycles. The van der Waals surface area contributed by atoms with Crippen LogP contribution in [0.4, 0.5) is 0 Å². The standard InChI is InChI=1S/C9H12O8/c1-5(10)17-9(2-6(11)12,3-7(13)14)4-8(15)16/h2-4H2,1H3,(H,11,12)(H,13,14)(H,15,16). The molecule has 96 valence electrons. The number of aliphatic carboxylic acids is 3. The van der Waals surface area contributed by atoms with Gasteiger partial charge >= 0.3 is 23.9 Å². The Labute approximate surface area is 95.8 Å². The summed E-state index contributed by atoms with van der Waals surface area (Å²) in [5.74, 6) is -5.29. The molecule has 0 saturated heterocycles. The number of carboxylic acid groups (broad SMARTS) is 3. The number of esters is 1. The number of hydrogen-bond donors (Lipinski definition) is 3. The molecule has 0 unspecified atom stereocenters. The molecule has 0 aliphatic rings. The van der Waals surface area contributed by atoms with Gasteiger partial charge in [0.2, 0.25) is 0 Å². The lowest BCUT2D eigenvalue weighted by molar-refractivity contribution is -0.171. The fourth-order valence-electron chi connectivity index (χ4n) is 1.43. The highest BCUT2D eigenvalue weighted by Crippen LogP contribution is 2.26. The zero-order chi connectivity index (χ0) is 13.6. The zero-order valence-corrected chi connectivity index (χ0v) is 9.00. The van der Waals surface area contributed by atoms with Gasteiger partial charge in [0.25, 0.3) is 0 Å². The van der Waals surface area contributed by atoms with E-state index in [9.17, 15) is 19.2 Å². The number of ether oxygens (including phenoxy) is 1. The van der Waals surface area contributed by atoms with E-state index in [1.165, 1.54) is 0 Å². The van der Waals surface area contributed by atoms with Crippen molar-refractivity contribution in [2.24, 2.45) is 0 Å². The number of carboxylic acids is 3. The lowest BCUT2D eigenvalue weighted by Crippen LogP contribution is -2.41. The molecule has 0 fully saturated rings. The van der Waals surface area contributed by atoms with Crippen molar-refractivity contribution in [3.8, 4) is 0 Å². The van der Waals surface area contributed by atoms with Crippen LogP contribution >= 0.6 is 0 Å². The summed E-state index contributed by atoms with van der Waals surface area (Å²) in [6.45, 7) is 0.945. The highest BCUT2D eigenvalue weighted by Gasteiger charge is 2.41. The predicted octanol–water partition coefficient (Wildman–Crippen LogP) is -0.288. The van der Waals surface area contributed by atoms with Crippen LogP contribution < -0.4 is 0 Å². The molecule has 0 saturated carbocycles. The maximum absolute atomic E-state index is 10.8. The van der Waals surface area contributed by atoms with Gasteiger partial charge < -0.3 is 20.1 Å². The van der Waals surface area contributed by atoms with Crippen LogP contribution in [0.1, 0.15) is 26.2 Å². The molecule has 0 rings (SSSR count). The average molecular weight is 248 g/mol. The highest BCUT2D eigenvalue weighted by molar-refractivity contribution is 5.78. The van der Waals surface area contributed by atoms with Crippen molar-refractivity contribution in [3.05, 3.63) is 0 Å². The van der Waals surface area contributed by atoms with E-state index in [1.807, 2.05) is 0 Å². The number of carbonyl (C=O) groups excluding carboxylic acids is 1. The maximum Gasteiger partial charge on any atom is 0.307 e. The van der Waals surface area contributed by atoms with Crippen LogP contribution in [0.5, 0.6) is 0 Å². The summed E-state index contributed by atoms with van der Waals surface area (Å²) in [5, 5.41) is 25.8. The van der Waals surface area contributed by atoms with Gasteiger partial charge in [-0.15, -0.1) is 0 Å². The first-order valence-electron chi connectivity index (χ1n) is 4.52. The van der Waals surface area contributed by atoms with Crippen molar-refractivity contribution in [1.82, 2.24) is 0 Å². The second-order valence-corrected chi connectivity index (χ2v) is 3.49. The maximum atomic E-state index is 10.8. The quantitative estimate of drug-likeness (QED) is 0.522. The van der Waals surface area contributed by atoms with Crippen LogP contribution in [0.2, 0.25) is 0 Å². The minimum absolute atomic E-state index is 0.884. The highest BCUT2D eigenvalue weighted by atomic mass is 16.6. The van der Waals surface area contributed by atoms with Gasteiger partial charge in [-0.25, -0.2) is 0 Å². The van der Waals surface area contributed by atoms with Gasteiger partial charge in [0.05, 0.1) is 19.3 Å². The fraction of sp³-hybridized carbons (Fsp3) is 0.556. The van der Waals surface area contributed by atoms with Gasteiger partial charge in [-0.05, 0) is 0 Å². The number of rotatable bonds is 7. The first-order valence-corrected chi connectivity index (χ1v) is 4.52. The van der Waals surface area contributed by atoms with Gasteiger partial charge in [-0.1, -0.05) is 0 Å². The molecular formula is C9H12O8. The van der Waals surface area contributed by atoms with Crippen LogP contribution in [-0.2, 0) is 23.9 Å². The molecule has 0 atom stereocenters. The van der Waals surface area contributed by atoms with Gasteiger partial charge in [0, 0.05) is 6.92 Å². The van der Waals surface area contributed by atoms with Crippen LogP contribution in [-0.4, -0.2) is 44.8 Å². The van der Waals surface area contributed by atoms with Crippen LogP contribution in [0.25, 0.3) is 0 Å². The van der Waals surface area contributed by atoms with E-state index in [0.717, 1.165) is 6.92 Å². The molecule has 8 heteroatoms. The Kier molecular flexibility index (Phi) is 5.10. The van der Waals surface area contributed by atoms with Gasteiger partial charge in [0.1, 0.15) is 5.60 Å². The lowest BCUT2D eigenvalue weighted by atomic mass is 9.91. The largest absolute Gasteiger partial charge is 0.481 e. The van der Waals surface area contributed by atoms with Gasteiger partial charge in [0.15, 0.2) is 0 Å². The summed E-state index contributed by atoms with van der Waals surface area (Å²) in [5.41, 5.74) is -2.06. The van der Waals surface area contributed by atoms with Crippen molar-refractivity contribution in [1.29, 1.82) is 0 Å². The summed E-state index contributed by atoms with van der Waals surface area (Å²) < 4.78 is 4.59. The Morgan fingerprint density at radius 1 is 0.882 bits per heavy atom. The Morgan fingerprint density at radius 2 is 1.18 bits per heavy atom. The molecule has 0 bridgehead atoms. The lowest BCUT2D eigenvalue weighted by Gasteiger charge is -2.28.